The van der Waals surface area contributed by atoms with Gasteiger partial charge in [0, 0.05) is 5.56 Å². The second-order valence-electron chi connectivity index (χ2n) is 5.98. The van der Waals surface area contributed by atoms with Crippen LogP contribution in [0.3, 0.4) is 0 Å². The molecule has 4 N–H and O–H groups in total. The lowest BCUT2D eigenvalue weighted by atomic mass is 9.96. The standard InChI is InChI=1S/C19H19N3O3/c20-19(25)17-18(24)15-6-2-5-14(10-15)13-4-1-3-12(9-13)7-8-21-11-16(23)22-17/h1-6,9-10,17,21H,7-8,11H2,(H2,20,25)(H,22,23). The number of rotatable bonds is 1. The maximum atomic E-state index is 12.7. The first kappa shape index (κ1) is 16.9. The van der Waals surface area contributed by atoms with Gasteiger partial charge in [0.25, 0.3) is 0 Å². The normalized spacial score (nSPS) is 18.2. The molecule has 0 saturated carbocycles. The van der Waals surface area contributed by atoms with Crippen LogP contribution >= 0.6 is 0 Å². The zero-order valence-corrected chi connectivity index (χ0v) is 13.6. The molecule has 6 nitrogen and oxygen atoms in total. The first-order valence-electron chi connectivity index (χ1n) is 8.07. The van der Waals surface area contributed by atoms with Crippen molar-refractivity contribution in [2.45, 2.75) is 12.5 Å². The number of carbonyl (C=O) groups excluding carboxylic acids is 3. The predicted octanol–water partition coefficient (Wildman–Crippen LogP) is 0.652. The minimum atomic E-state index is -1.38. The van der Waals surface area contributed by atoms with E-state index in [1.165, 1.54) is 0 Å². The minimum absolute atomic E-state index is 0.0107. The van der Waals surface area contributed by atoms with Crippen LogP contribution in [0, 0.1) is 0 Å². The molecule has 0 fully saturated rings. The summed E-state index contributed by atoms with van der Waals surface area (Å²) >= 11 is 0. The van der Waals surface area contributed by atoms with Gasteiger partial charge in [0.05, 0.1) is 6.54 Å². The van der Waals surface area contributed by atoms with Gasteiger partial charge >= 0.3 is 0 Å². The van der Waals surface area contributed by atoms with Gasteiger partial charge in [-0.15, -0.1) is 0 Å². The molecule has 0 aliphatic carbocycles. The summed E-state index contributed by atoms with van der Waals surface area (Å²) in [5.74, 6) is -1.84. The van der Waals surface area contributed by atoms with Crippen LogP contribution in [0.15, 0.2) is 48.5 Å². The second kappa shape index (κ2) is 7.27. The number of benzene rings is 2. The first-order valence-corrected chi connectivity index (χ1v) is 8.07. The van der Waals surface area contributed by atoms with Gasteiger partial charge in [-0.05, 0) is 35.7 Å². The lowest BCUT2D eigenvalue weighted by Crippen LogP contribution is -2.51. The summed E-state index contributed by atoms with van der Waals surface area (Å²) in [5, 5.41) is 5.41. The smallest absolute Gasteiger partial charge is 0.248 e. The minimum Gasteiger partial charge on any atom is -0.367 e. The van der Waals surface area contributed by atoms with Crippen molar-refractivity contribution in [1.29, 1.82) is 0 Å². The molecule has 25 heavy (non-hydrogen) atoms. The molecule has 0 aromatic heterocycles. The third kappa shape index (κ3) is 3.92. The van der Waals surface area contributed by atoms with E-state index in [9.17, 15) is 14.4 Å². The maximum absolute atomic E-state index is 12.7. The molecule has 0 spiro atoms. The molecular weight excluding hydrogens is 318 g/mol. The Morgan fingerprint density at radius 2 is 1.68 bits per heavy atom. The van der Waals surface area contributed by atoms with Crippen LogP contribution in [0.4, 0.5) is 0 Å². The summed E-state index contributed by atoms with van der Waals surface area (Å²) in [7, 11) is 0. The van der Waals surface area contributed by atoms with Crippen molar-refractivity contribution in [2.24, 2.45) is 5.73 Å². The molecule has 128 valence electrons. The van der Waals surface area contributed by atoms with E-state index in [-0.39, 0.29) is 6.54 Å². The van der Waals surface area contributed by atoms with Crippen LogP contribution in [0.25, 0.3) is 11.1 Å². The molecule has 2 aromatic carbocycles. The van der Waals surface area contributed by atoms with Gasteiger partial charge in [0.2, 0.25) is 11.8 Å². The van der Waals surface area contributed by atoms with Crippen molar-refractivity contribution in [1.82, 2.24) is 10.6 Å². The molecule has 2 amide bonds. The van der Waals surface area contributed by atoms with Crippen LogP contribution in [-0.2, 0) is 16.0 Å². The Morgan fingerprint density at radius 1 is 1.00 bits per heavy atom. The van der Waals surface area contributed by atoms with Gasteiger partial charge in [-0.1, -0.05) is 42.5 Å². The molecule has 1 heterocycles. The third-order valence-corrected chi connectivity index (χ3v) is 4.14. The average molecular weight is 337 g/mol. The van der Waals surface area contributed by atoms with E-state index < -0.39 is 23.6 Å². The molecule has 1 aliphatic rings. The number of amides is 2. The van der Waals surface area contributed by atoms with Gasteiger partial charge in [-0.25, -0.2) is 0 Å². The van der Waals surface area contributed by atoms with Crippen molar-refractivity contribution < 1.29 is 14.4 Å². The van der Waals surface area contributed by atoms with Gasteiger partial charge in [0.15, 0.2) is 11.8 Å². The van der Waals surface area contributed by atoms with Crippen LogP contribution in [0.2, 0.25) is 0 Å². The van der Waals surface area contributed by atoms with E-state index in [2.05, 4.69) is 16.7 Å². The number of ketones is 1. The fourth-order valence-electron chi connectivity index (χ4n) is 2.84. The van der Waals surface area contributed by atoms with E-state index >= 15 is 0 Å². The molecule has 0 saturated heterocycles. The number of Topliss-reactive ketones (excluding diaryl/α,β-unsaturated/α-hetero) is 1. The van der Waals surface area contributed by atoms with Crippen molar-refractivity contribution in [3.05, 3.63) is 59.7 Å². The Morgan fingerprint density at radius 3 is 2.44 bits per heavy atom. The molecular formula is C19H19N3O3. The fourth-order valence-corrected chi connectivity index (χ4v) is 2.84. The zero-order chi connectivity index (χ0) is 17.8. The number of carbonyl (C=O) groups is 3. The summed E-state index contributed by atoms with van der Waals surface area (Å²) in [4.78, 5) is 36.3. The van der Waals surface area contributed by atoms with Crippen LogP contribution in [-0.4, -0.2) is 36.7 Å². The quantitative estimate of drug-likeness (QED) is 0.665. The number of hydrogen-bond acceptors (Lipinski definition) is 4. The Kier molecular flexibility index (Phi) is 4.90. The Hall–Kier alpha value is -2.99. The molecule has 1 atom stereocenters. The highest BCUT2D eigenvalue weighted by Gasteiger charge is 2.27. The molecule has 1 aliphatic heterocycles. The maximum Gasteiger partial charge on any atom is 0.248 e. The molecule has 4 bridgehead atoms. The first-order chi connectivity index (χ1) is 12.0. The van der Waals surface area contributed by atoms with E-state index in [4.69, 9.17) is 5.73 Å². The number of primary amides is 1. The molecule has 6 heteroatoms. The molecule has 0 radical (unpaired) electrons. The molecule has 1 unspecified atom stereocenters. The number of fused-ring (bicyclic) bond motifs is 5. The monoisotopic (exact) mass is 337 g/mol. The SMILES string of the molecule is NC(=O)C1NC(=O)CNCCc2cccc(c2)-c2cccc(c2)C1=O. The van der Waals surface area contributed by atoms with Crippen molar-refractivity contribution in [2.75, 3.05) is 13.1 Å². The molecule has 2 aromatic rings. The van der Waals surface area contributed by atoms with Crippen LogP contribution < -0.4 is 16.4 Å². The van der Waals surface area contributed by atoms with Gasteiger partial charge < -0.3 is 16.4 Å². The lowest BCUT2D eigenvalue weighted by Gasteiger charge is -2.16. The Balaban J connectivity index is 2.05. The average Bonchev–Trinajstić information content (AvgIpc) is 2.62. The van der Waals surface area contributed by atoms with Crippen molar-refractivity contribution in [3.8, 4) is 11.1 Å². The second-order valence-corrected chi connectivity index (χ2v) is 5.98. The summed E-state index contributed by atoms with van der Waals surface area (Å²) < 4.78 is 0. The number of nitrogens with two attached hydrogens (primary N) is 1. The molecule has 3 rings (SSSR count). The lowest BCUT2D eigenvalue weighted by molar-refractivity contribution is -0.125. The van der Waals surface area contributed by atoms with Crippen molar-refractivity contribution >= 4 is 17.6 Å². The highest BCUT2D eigenvalue weighted by molar-refractivity contribution is 6.15. The van der Waals surface area contributed by atoms with Gasteiger partial charge in [0.1, 0.15) is 0 Å². The highest BCUT2D eigenvalue weighted by atomic mass is 16.2. The van der Waals surface area contributed by atoms with Crippen LogP contribution in [0.5, 0.6) is 0 Å². The van der Waals surface area contributed by atoms with E-state index in [0.29, 0.717) is 12.1 Å². The third-order valence-electron chi connectivity index (χ3n) is 4.14. The Labute approximate surface area is 145 Å². The fraction of sp³-hybridized carbons (Fsp3) is 0.211. The number of hydrogen-bond donors (Lipinski definition) is 3. The van der Waals surface area contributed by atoms with Crippen LogP contribution in [0.1, 0.15) is 15.9 Å². The summed E-state index contributed by atoms with van der Waals surface area (Å²) in [6.07, 6.45) is 0.763. The van der Waals surface area contributed by atoms with Gasteiger partial charge in [-0.2, -0.15) is 0 Å². The number of nitrogens with one attached hydrogen (secondary N) is 2. The Bertz CT molecular complexity index is 832. The van der Waals surface area contributed by atoms with Crippen molar-refractivity contribution in [3.63, 3.8) is 0 Å². The summed E-state index contributed by atoms with van der Waals surface area (Å²) in [6.45, 7) is 0.614. The summed E-state index contributed by atoms with van der Waals surface area (Å²) in [6, 6.07) is 13.6. The zero-order valence-electron chi connectivity index (χ0n) is 13.6. The predicted molar refractivity (Wildman–Crippen MR) is 93.9 cm³/mol. The van der Waals surface area contributed by atoms with E-state index in [1.54, 1.807) is 18.2 Å². The topological polar surface area (TPSA) is 101 Å². The van der Waals surface area contributed by atoms with Gasteiger partial charge in [-0.3, -0.25) is 14.4 Å². The highest BCUT2D eigenvalue weighted by Crippen LogP contribution is 2.22. The van der Waals surface area contributed by atoms with E-state index in [1.807, 2.05) is 24.3 Å². The largest absolute Gasteiger partial charge is 0.367 e. The van der Waals surface area contributed by atoms with E-state index in [0.717, 1.165) is 23.1 Å². The summed E-state index contributed by atoms with van der Waals surface area (Å²) in [5.41, 5.74) is 8.64.